The lowest BCUT2D eigenvalue weighted by Crippen LogP contribution is -2.43. The van der Waals surface area contributed by atoms with Gasteiger partial charge in [0.15, 0.2) is 0 Å². The molecular weight excluding hydrogens is 220 g/mol. The minimum Gasteiger partial charge on any atom is -0.343 e. The highest BCUT2D eigenvalue weighted by Gasteiger charge is 2.31. The van der Waals surface area contributed by atoms with Crippen molar-refractivity contribution in [1.29, 1.82) is 0 Å². The molecule has 0 aliphatic heterocycles. The first-order valence-corrected chi connectivity index (χ1v) is 6.96. The Morgan fingerprint density at radius 1 is 1.31 bits per heavy atom. The van der Waals surface area contributed by atoms with Crippen molar-refractivity contribution >= 4 is 16.7 Å². The second-order valence-electron chi connectivity index (χ2n) is 4.78. The second kappa shape index (κ2) is 4.30. The predicted octanol–water partition coefficient (Wildman–Crippen LogP) is 1.73. The lowest BCUT2D eigenvalue weighted by molar-refractivity contribution is 0.387. The van der Waals surface area contributed by atoms with Gasteiger partial charge < -0.3 is 10.6 Å². The van der Waals surface area contributed by atoms with Crippen LogP contribution in [0, 0.1) is 0 Å². The highest BCUT2D eigenvalue weighted by molar-refractivity contribution is 7.09. The maximum atomic E-state index is 5.68. The molecule has 0 unspecified atom stereocenters. The molecule has 2 aliphatic rings. The largest absolute Gasteiger partial charge is 0.343 e. The quantitative estimate of drug-likeness (QED) is 0.849. The molecule has 0 aromatic carbocycles. The average molecular weight is 238 g/mol. The lowest BCUT2D eigenvalue weighted by Gasteiger charge is -2.36. The fraction of sp³-hybridized carbons (Fsp3) is 0.818. The van der Waals surface area contributed by atoms with Gasteiger partial charge in [-0.15, -0.1) is 0 Å². The Bertz CT molecular complexity index is 357. The summed E-state index contributed by atoms with van der Waals surface area (Å²) in [5.41, 5.74) is 5.68. The summed E-state index contributed by atoms with van der Waals surface area (Å²) >= 11 is 1.55. The molecule has 0 saturated heterocycles. The normalized spacial score (nSPS) is 20.8. The van der Waals surface area contributed by atoms with Crippen molar-refractivity contribution in [3.8, 4) is 0 Å². The van der Waals surface area contributed by atoms with Gasteiger partial charge in [-0.2, -0.15) is 4.37 Å². The van der Waals surface area contributed by atoms with E-state index in [2.05, 4.69) is 14.3 Å². The number of nitrogens with zero attached hydrogens (tertiary/aromatic N) is 3. The van der Waals surface area contributed by atoms with Crippen LogP contribution in [0.2, 0.25) is 0 Å². The molecule has 0 radical (unpaired) electrons. The first-order chi connectivity index (χ1) is 7.88. The fourth-order valence-electron chi connectivity index (χ4n) is 2.12. The van der Waals surface area contributed by atoms with Crippen LogP contribution in [0.4, 0.5) is 5.13 Å². The van der Waals surface area contributed by atoms with E-state index >= 15 is 0 Å². The third kappa shape index (κ3) is 1.94. The zero-order valence-corrected chi connectivity index (χ0v) is 10.2. The molecule has 1 aromatic rings. The number of nitrogens with two attached hydrogens (primary N) is 1. The average Bonchev–Trinajstić information content (AvgIpc) is 2.94. The summed E-state index contributed by atoms with van der Waals surface area (Å²) in [5, 5.41) is 1.09. The summed E-state index contributed by atoms with van der Waals surface area (Å²) in [4.78, 5) is 7.04. The minimum atomic E-state index is 0.658. The molecule has 88 valence electrons. The molecule has 1 heterocycles. The van der Waals surface area contributed by atoms with Crippen LogP contribution in [-0.2, 0) is 0 Å². The molecule has 0 atom stereocenters. The van der Waals surface area contributed by atoms with E-state index in [-0.39, 0.29) is 0 Å². The molecule has 2 N–H and O–H groups in total. The van der Waals surface area contributed by atoms with E-state index in [1.54, 1.807) is 11.5 Å². The number of aromatic nitrogens is 2. The summed E-state index contributed by atoms with van der Waals surface area (Å²) in [6.07, 6.45) is 6.48. The van der Waals surface area contributed by atoms with Crippen molar-refractivity contribution in [1.82, 2.24) is 9.36 Å². The molecule has 3 rings (SSSR count). The zero-order valence-electron chi connectivity index (χ0n) is 9.43. The van der Waals surface area contributed by atoms with Crippen molar-refractivity contribution in [2.24, 2.45) is 5.73 Å². The SMILES string of the molecule is NCCN(c1nc(C2CC2)ns1)C1CCC1. The number of anilines is 1. The third-order valence-electron chi connectivity index (χ3n) is 3.50. The minimum absolute atomic E-state index is 0.658. The Kier molecular flexibility index (Phi) is 2.81. The van der Waals surface area contributed by atoms with Gasteiger partial charge in [-0.1, -0.05) is 0 Å². The van der Waals surface area contributed by atoms with Crippen molar-refractivity contribution in [3.63, 3.8) is 0 Å². The van der Waals surface area contributed by atoms with Crippen molar-refractivity contribution < 1.29 is 0 Å². The van der Waals surface area contributed by atoms with Gasteiger partial charge in [0, 0.05) is 36.6 Å². The topological polar surface area (TPSA) is 55.0 Å². The van der Waals surface area contributed by atoms with Crippen molar-refractivity contribution in [3.05, 3.63) is 5.82 Å². The molecule has 0 spiro atoms. The van der Waals surface area contributed by atoms with Gasteiger partial charge in [0.05, 0.1) is 0 Å². The van der Waals surface area contributed by atoms with E-state index in [1.165, 1.54) is 32.1 Å². The summed E-state index contributed by atoms with van der Waals surface area (Å²) in [7, 11) is 0. The second-order valence-corrected chi connectivity index (χ2v) is 5.51. The number of hydrogen-bond acceptors (Lipinski definition) is 5. The van der Waals surface area contributed by atoms with Crippen LogP contribution in [0.3, 0.4) is 0 Å². The maximum Gasteiger partial charge on any atom is 0.205 e. The van der Waals surface area contributed by atoms with Crippen LogP contribution in [0.5, 0.6) is 0 Å². The van der Waals surface area contributed by atoms with Crippen LogP contribution in [0.1, 0.15) is 43.8 Å². The molecule has 2 aliphatic carbocycles. The monoisotopic (exact) mass is 238 g/mol. The molecule has 2 saturated carbocycles. The van der Waals surface area contributed by atoms with E-state index in [0.29, 0.717) is 18.5 Å². The van der Waals surface area contributed by atoms with Gasteiger partial charge in [-0.05, 0) is 32.1 Å². The Morgan fingerprint density at radius 2 is 2.12 bits per heavy atom. The zero-order chi connectivity index (χ0) is 11.0. The Labute approximate surface area is 100 Å². The van der Waals surface area contributed by atoms with Gasteiger partial charge in [-0.3, -0.25) is 0 Å². The smallest absolute Gasteiger partial charge is 0.205 e. The van der Waals surface area contributed by atoms with E-state index in [0.717, 1.165) is 17.5 Å². The Morgan fingerprint density at radius 3 is 2.69 bits per heavy atom. The van der Waals surface area contributed by atoms with Gasteiger partial charge in [0.1, 0.15) is 5.82 Å². The van der Waals surface area contributed by atoms with Crippen LogP contribution < -0.4 is 10.6 Å². The van der Waals surface area contributed by atoms with Gasteiger partial charge in [0.2, 0.25) is 5.13 Å². The van der Waals surface area contributed by atoms with Crippen LogP contribution >= 0.6 is 11.5 Å². The fourth-order valence-corrected chi connectivity index (χ4v) is 2.97. The third-order valence-corrected chi connectivity index (χ3v) is 4.27. The summed E-state index contributed by atoms with van der Waals surface area (Å²) in [6, 6.07) is 0.670. The van der Waals surface area contributed by atoms with Crippen LogP contribution in [-0.4, -0.2) is 28.5 Å². The van der Waals surface area contributed by atoms with E-state index in [4.69, 9.17) is 5.73 Å². The molecule has 4 nitrogen and oxygen atoms in total. The highest BCUT2D eigenvalue weighted by Crippen LogP contribution is 2.40. The Hall–Kier alpha value is -0.680. The van der Waals surface area contributed by atoms with Crippen molar-refractivity contribution in [2.75, 3.05) is 18.0 Å². The number of rotatable bonds is 5. The predicted molar refractivity (Wildman–Crippen MR) is 65.9 cm³/mol. The Balaban J connectivity index is 1.74. The molecular formula is C11H18N4S. The van der Waals surface area contributed by atoms with E-state index < -0.39 is 0 Å². The first kappa shape index (κ1) is 10.5. The molecule has 1 aromatic heterocycles. The summed E-state index contributed by atoms with van der Waals surface area (Å²) in [6.45, 7) is 1.62. The van der Waals surface area contributed by atoms with Gasteiger partial charge in [0.25, 0.3) is 0 Å². The standard InChI is InChI=1S/C11H18N4S/c12-6-7-15(9-2-1-3-9)11-13-10(14-16-11)8-4-5-8/h8-9H,1-7,12H2. The molecule has 0 bridgehead atoms. The molecule has 5 heteroatoms. The first-order valence-electron chi connectivity index (χ1n) is 6.19. The van der Waals surface area contributed by atoms with Crippen LogP contribution in [0.15, 0.2) is 0 Å². The molecule has 16 heavy (non-hydrogen) atoms. The molecule has 2 fully saturated rings. The van der Waals surface area contributed by atoms with Crippen LogP contribution in [0.25, 0.3) is 0 Å². The van der Waals surface area contributed by atoms with E-state index in [1.807, 2.05) is 0 Å². The summed E-state index contributed by atoms with van der Waals surface area (Å²) in [5.74, 6) is 1.73. The van der Waals surface area contributed by atoms with Gasteiger partial charge >= 0.3 is 0 Å². The van der Waals surface area contributed by atoms with E-state index in [9.17, 15) is 0 Å². The highest BCUT2D eigenvalue weighted by atomic mass is 32.1. The molecule has 0 amide bonds. The summed E-state index contributed by atoms with van der Waals surface area (Å²) < 4.78 is 4.47. The maximum absolute atomic E-state index is 5.68. The van der Waals surface area contributed by atoms with Crippen molar-refractivity contribution in [2.45, 2.75) is 44.1 Å². The number of hydrogen-bond donors (Lipinski definition) is 1. The lowest BCUT2D eigenvalue weighted by atomic mass is 9.92. The van der Waals surface area contributed by atoms with Gasteiger partial charge in [-0.25, -0.2) is 4.98 Å².